The predicted octanol–water partition coefficient (Wildman–Crippen LogP) is 2.28. The summed E-state index contributed by atoms with van der Waals surface area (Å²) in [7, 11) is 0. The number of rotatable bonds is 3. The fourth-order valence-corrected chi connectivity index (χ4v) is 3.25. The smallest absolute Gasteiger partial charge is 0.273 e. The normalized spacial score (nSPS) is 16.0. The van der Waals surface area contributed by atoms with E-state index >= 15 is 0 Å². The van der Waals surface area contributed by atoms with Crippen LogP contribution in [-0.4, -0.2) is 52.1 Å². The van der Waals surface area contributed by atoms with Crippen LogP contribution in [0.3, 0.4) is 0 Å². The average molecular weight is 410 g/mol. The van der Waals surface area contributed by atoms with Gasteiger partial charge in [0.1, 0.15) is 5.69 Å². The lowest BCUT2D eigenvalue weighted by Crippen LogP contribution is -2.48. The number of nitrogens with one attached hydrogen (secondary N) is 1. The van der Waals surface area contributed by atoms with Crippen LogP contribution in [0.15, 0.2) is 30.5 Å². The summed E-state index contributed by atoms with van der Waals surface area (Å²) in [4.78, 5) is 16.7. The minimum absolute atomic E-state index is 0.0529. The molecule has 2 aromatic rings. The Morgan fingerprint density at radius 1 is 1.32 bits per heavy atom. The standard InChI is InChI=1S/C16H19IN4O/c1-12-3-2-4-13(9-12)11-20-5-7-21(8-6-20)16(22)15-14(17)10-18-19-15/h2-4,9-10H,5-8,11H2,1H3,(H,18,19). The summed E-state index contributed by atoms with van der Waals surface area (Å²) in [5, 5.41) is 6.72. The zero-order valence-electron chi connectivity index (χ0n) is 12.6. The molecule has 1 aliphatic rings. The maximum Gasteiger partial charge on any atom is 0.273 e. The van der Waals surface area contributed by atoms with Gasteiger partial charge in [0, 0.05) is 32.7 Å². The maximum absolute atomic E-state index is 12.4. The van der Waals surface area contributed by atoms with E-state index in [1.807, 2.05) is 4.90 Å². The SMILES string of the molecule is Cc1cccc(CN2CCN(C(=O)c3[nH]ncc3I)CC2)c1. The number of nitrogens with zero attached hydrogens (tertiary/aromatic N) is 3. The van der Waals surface area contributed by atoms with Gasteiger partial charge in [-0.05, 0) is 35.1 Å². The van der Waals surface area contributed by atoms with Crippen molar-refractivity contribution >= 4 is 28.5 Å². The molecule has 1 fully saturated rings. The average Bonchev–Trinajstić information content (AvgIpc) is 2.93. The number of carbonyl (C=O) groups excluding carboxylic acids is 1. The lowest BCUT2D eigenvalue weighted by Gasteiger charge is -2.34. The Hall–Kier alpha value is -1.41. The largest absolute Gasteiger partial charge is 0.335 e. The van der Waals surface area contributed by atoms with Crippen molar-refractivity contribution in [1.82, 2.24) is 20.0 Å². The van der Waals surface area contributed by atoms with Gasteiger partial charge in [-0.15, -0.1) is 0 Å². The molecule has 0 radical (unpaired) electrons. The van der Waals surface area contributed by atoms with Crippen molar-refractivity contribution in [3.63, 3.8) is 0 Å². The second-order valence-electron chi connectivity index (χ2n) is 5.65. The molecule has 1 saturated heterocycles. The van der Waals surface area contributed by atoms with Crippen LogP contribution in [0.1, 0.15) is 21.6 Å². The van der Waals surface area contributed by atoms with Gasteiger partial charge in [0.05, 0.1) is 9.77 Å². The van der Waals surface area contributed by atoms with Gasteiger partial charge < -0.3 is 4.90 Å². The molecule has 0 atom stereocenters. The summed E-state index contributed by atoms with van der Waals surface area (Å²) in [6.45, 7) is 6.41. The van der Waals surface area contributed by atoms with Crippen molar-refractivity contribution in [3.8, 4) is 0 Å². The summed E-state index contributed by atoms with van der Waals surface area (Å²) < 4.78 is 0.879. The van der Waals surface area contributed by atoms with Crippen molar-refractivity contribution < 1.29 is 4.79 Å². The number of carbonyl (C=O) groups is 1. The number of amides is 1. The molecule has 6 heteroatoms. The molecule has 1 N–H and O–H groups in total. The molecule has 0 saturated carbocycles. The Balaban J connectivity index is 1.56. The number of aromatic amines is 1. The first kappa shape index (κ1) is 15.5. The number of hydrogen-bond acceptors (Lipinski definition) is 3. The van der Waals surface area contributed by atoms with Crippen molar-refractivity contribution in [1.29, 1.82) is 0 Å². The number of aryl methyl sites for hydroxylation is 1. The molecule has 5 nitrogen and oxygen atoms in total. The van der Waals surface area contributed by atoms with Gasteiger partial charge in [-0.2, -0.15) is 5.10 Å². The summed E-state index contributed by atoms with van der Waals surface area (Å²) >= 11 is 2.14. The molecule has 0 aliphatic carbocycles. The number of hydrogen-bond donors (Lipinski definition) is 1. The minimum atomic E-state index is 0.0529. The third-order valence-corrected chi connectivity index (χ3v) is 4.77. The third kappa shape index (κ3) is 3.49. The van der Waals surface area contributed by atoms with Crippen molar-refractivity contribution in [3.05, 3.63) is 50.9 Å². The van der Waals surface area contributed by atoms with E-state index in [9.17, 15) is 4.79 Å². The Morgan fingerprint density at radius 2 is 2.09 bits per heavy atom. The highest BCUT2D eigenvalue weighted by Crippen LogP contribution is 2.14. The molecule has 0 bridgehead atoms. The van der Waals surface area contributed by atoms with E-state index in [4.69, 9.17) is 0 Å². The lowest BCUT2D eigenvalue weighted by atomic mass is 10.1. The Bertz CT molecular complexity index is 662. The first-order chi connectivity index (χ1) is 10.6. The van der Waals surface area contributed by atoms with Gasteiger partial charge in [0.25, 0.3) is 5.91 Å². The summed E-state index contributed by atoms with van der Waals surface area (Å²) in [5.41, 5.74) is 3.23. The second kappa shape index (κ2) is 6.78. The van der Waals surface area contributed by atoms with E-state index in [1.54, 1.807) is 6.20 Å². The number of H-pyrrole nitrogens is 1. The first-order valence-electron chi connectivity index (χ1n) is 7.39. The second-order valence-corrected chi connectivity index (χ2v) is 6.81. The lowest BCUT2D eigenvalue weighted by molar-refractivity contribution is 0.0621. The molecule has 2 heterocycles. The van der Waals surface area contributed by atoms with Crippen LogP contribution in [0.2, 0.25) is 0 Å². The molecule has 0 unspecified atom stereocenters. The van der Waals surface area contributed by atoms with Crippen LogP contribution in [0.5, 0.6) is 0 Å². The highest BCUT2D eigenvalue weighted by Gasteiger charge is 2.24. The predicted molar refractivity (Wildman–Crippen MR) is 93.7 cm³/mol. The summed E-state index contributed by atoms with van der Waals surface area (Å²) in [6.07, 6.45) is 1.68. The Morgan fingerprint density at radius 3 is 2.73 bits per heavy atom. The van der Waals surface area contributed by atoms with E-state index in [-0.39, 0.29) is 5.91 Å². The third-order valence-electron chi connectivity index (χ3n) is 3.96. The van der Waals surface area contributed by atoms with Gasteiger partial charge in [0.15, 0.2) is 0 Å². The van der Waals surface area contributed by atoms with Gasteiger partial charge in [-0.3, -0.25) is 14.8 Å². The first-order valence-corrected chi connectivity index (χ1v) is 8.47. The highest BCUT2D eigenvalue weighted by atomic mass is 127. The molecule has 3 rings (SSSR count). The zero-order valence-corrected chi connectivity index (χ0v) is 14.7. The Kier molecular flexibility index (Phi) is 4.77. The zero-order chi connectivity index (χ0) is 15.5. The van der Waals surface area contributed by atoms with E-state index in [1.165, 1.54) is 11.1 Å². The molecule has 22 heavy (non-hydrogen) atoms. The van der Waals surface area contributed by atoms with Gasteiger partial charge in [-0.1, -0.05) is 29.8 Å². The van der Waals surface area contributed by atoms with Crippen LogP contribution in [0, 0.1) is 10.5 Å². The van der Waals surface area contributed by atoms with Crippen LogP contribution in [0.4, 0.5) is 0 Å². The number of aromatic nitrogens is 2. The van der Waals surface area contributed by atoms with Gasteiger partial charge in [-0.25, -0.2) is 0 Å². The highest BCUT2D eigenvalue weighted by molar-refractivity contribution is 14.1. The van der Waals surface area contributed by atoms with E-state index in [0.717, 1.165) is 36.3 Å². The number of benzene rings is 1. The fourth-order valence-electron chi connectivity index (χ4n) is 2.76. The molecule has 1 aromatic carbocycles. The summed E-state index contributed by atoms with van der Waals surface area (Å²) in [6, 6.07) is 8.61. The van der Waals surface area contributed by atoms with Gasteiger partial charge >= 0.3 is 0 Å². The molecule has 1 aliphatic heterocycles. The molecular formula is C16H19IN4O. The monoisotopic (exact) mass is 410 g/mol. The molecule has 1 aromatic heterocycles. The number of piperazine rings is 1. The quantitative estimate of drug-likeness (QED) is 0.791. The van der Waals surface area contributed by atoms with E-state index in [2.05, 4.69) is 68.9 Å². The number of halogens is 1. The van der Waals surface area contributed by atoms with Crippen molar-refractivity contribution in [2.75, 3.05) is 26.2 Å². The van der Waals surface area contributed by atoms with E-state index in [0.29, 0.717) is 5.69 Å². The molecule has 116 valence electrons. The molecular weight excluding hydrogens is 391 g/mol. The van der Waals surface area contributed by atoms with Crippen LogP contribution in [0.25, 0.3) is 0 Å². The molecule has 1 amide bonds. The Labute approximate surface area is 143 Å². The fraction of sp³-hybridized carbons (Fsp3) is 0.375. The maximum atomic E-state index is 12.4. The van der Waals surface area contributed by atoms with Crippen molar-refractivity contribution in [2.45, 2.75) is 13.5 Å². The summed E-state index contributed by atoms with van der Waals surface area (Å²) in [5.74, 6) is 0.0529. The van der Waals surface area contributed by atoms with Crippen LogP contribution in [-0.2, 0) is 6.54 Å². The molecule has 0 spiro atoms. The van der Waals surface area contributed by atoms with E-state index < -0.39 is 0 Å². The topological polar surface area (TPSA) is 52.2 Å². The minimum Gasteiger partial charge on any atom is -0.335 e. The van der Waals surface area contributed by atoms with Crippen molar-refractivity contribution in [2.24, 2.45) is 0 Å². The van der Waals surface area contributed by atoms with Crippen LogP contribution >= 0.6 is 22.6 Å². The van der Waals surface area contributed by atoms with Gasteiger partial charge in [0.2, 0.25) is 0 Å². The van der Waals surface area contributed by atoms with Crippen LogP contribution < -0.4 is 0 Å².